The topological polar surface area (TPSA) is 58.4 Å². The van der Waals surface area contributed by atoms with E-state index in [1.807, 2.05) is 36.1 Å². The highest BCUT2D eigenvalue weighted by Gasteiger charge is 2.31. The predicted molar refractivity (Wildman–Crippen MR) is 75.4 cm³/mol. The van der Waals surface area contributed by atoms with Gasteiger partial charge in [-0.1, -0.05) is 6.07 Å². The lowest BCUT2D eigenvalue weighted by Gasteiger charge is -2.23. The third-order valence-electron chi connectivity index (χ3n) is 3.51. The number of carbonyl (C=O) groups excluding carboxylic acids is 1. The number of furan rings is 1. The Hall–Kier alpha value is -2.30. The first-order valence-corrected chi connectivity index (χ1v) is 6.79. The van der Waals surface area contributed by atoms with Crippen LogP contribution in [0, 0.1) is 6.92 Å². The molecule has 20 heavy (non-hydrogen) atoms. The number of aryl methyl sites for hydroxylation is 1. The Balaban J connectivity index is 1.73. The van der Waals surface area contributed by atoms with Crippen LogP contribution in [0.5, 0.6) is 0 Å². The van der Waals surface area contributed by atoms with Crippen molar-refractivity contribution in [2.75, 3.05) is 11.9 Å². The molecule has 0 aromatic carbocycles. The molecule has 5 heteroatoms. The third kappa shape index (κ3) is 2.52. The van der Waals surface area contributed by atoms with Crippen molar-refractivity contribution in [3.8, 4) is 0 Å². The lowest BCUT2D eigenvalue weighted by atomic mass is 10.2. The van der Waals surface area contributed by atoms with Crippen molar-refractivity contribution in [3.63, 3.8) is 0 Å². The zero-order valence-electron chi connectivity index (χ0n) is 11.4. The van der Waals surface area contributed by atoms with E-state index in [0.717, 1.165) is 30.8 Å². The van der Waals surface area contributed by atoms with Gasteiger partial charge in [0.1, 0.15) is 11.6 Å². The first-order chi connectivity index (χ1) is 9.74. The van der Waals surface area contributed by atoms with Gasteiger partial charge in [-0.05, 0) is 44.0 Å². The number of rotatable bonds is 2. The number of hydrogen-bond donors (Lipinski definition) is 1. The van der Waals surface area contributed by atoms with Crippen molar-refractivity contribution in [1.29, 1.82) is 0 Å². The Bertz CT molecular complexity index is 595. The number of amides is 2. The van der Waals surface area contributed by atoms with Crippen LogP contribution >= 0.6 is 0 Å². The third-order valence-corrected chi connectivity index (χ3v) is 3.51. The minimum absolute atomic E-state index is 0.0230. The van der Waals surface area contributed by atoms with E-state index in [0.29, 0.717) is 5.82 Å². The largest absolute Gasteiger partial charge is 0.467 e. The molecule has 2 aromatic rings. The summed E-state index contributed by atoms with van der Waals surface area (Å²) < 4.78 is 5.43. The van der Waals surface area contributed by atoms with Gasteiger partial charge < -0.3 is 9.32 Å². The van der Waals surface area contributed by atoms with Crippen LogP contribution in [0.25, 0.3) is 0 Å². The van der Waals surface area contributed by atoms with Crippen LogP contribution in [0.4, 0.5) is 10.6 Å². The molecule has 0 saturated carbocycles. The lowest BCUT2D eigenvalue weighted by Crippen LogP contribution is -2.34. The van der Waals surface area contributed by atoms with Crippen molar-refractivity contribution >= 4 is 11.8 Å². The van der Waals surface area contributed by atoms with Gasteiger partial charge in [0.15, 0.2) is 0 Å². The number of nitrogens with zero attached hydrogens (tertiary/aromatic N) is 2. The number of anilines is 1. The number of hydrogen-bond acceptors (Lipinski definition) is 3. The summed E-state index contributed by atoms with van der Waals surface area (Å²) in [6.07, 6.45) is 3.56. The van der Waals surface area contributed by atoms with Gasteiger partial charge in [-0.15, -0.1) is 0 Å². The number of aromatic nitrogens is 1. The second-order valence-corrected chi connectivity index (χ2v) is 4.96. The maximum Gasteiger partial charge on any atom is 0.323 e. The smallest absolute Gasteiger partial charge is 0.323 e. The number of carbonyl (C=O) groups is 1. The van der Waals surface area contributed by atoms with Crippen LogP contribution in [0.15, 0.2) is 41.0 Å². The Morgan fingerprint density at radius 1 is 1.40 bits per heavy atom. The molecule has 0 radical (unpaired) electrons. The number of likely N-dealkylation sites (tertiary alicyclic amines) is 1. The number of urea groups is 1. The van der Waals surface area contributed by atoms with E-state index in [1.165, 1.54) is 0 Å². The van der Waals surface area contributed by atoms with Gasteiger partial charge in [-0.25, -0.2) is 9.78 Å². The Kier molecular flexibility index (Phi) is 3.41. The van der Waals surface area contributed by atoms with Crippen molar-refractivity contribution in [1.82, 2.24) is 9.88 Å². The fraction of sp³-hybridized carbons (Fsp3) is 0.333. The lowest BCUT2D eigenvalue weighted by molar-refractivity contribution is 0.200. The summed E-state index contributed by atoms with van der Waals surface area (Å²) in [5.41, 5.74) is 0.881. The van der Waals surface area contributed by atoms with Crippen LogP contribution in [0.1, 0.15) is 30.3 Å². The van der Waals surface area contributed by atoms with E-state index in [2.05, 4.69) is 10.3 Å². The molecule has 3 rings (SSSR count). The van der Waals surface area contributed by atoms with E-state index in [9.17, 15) is 4.79 Å². The average molecular weight is 271 g/mol. The quantitative estimate of drug-likeness (QED) is 0.911. The Morgan fingerprint density at radius 2 is 2.30 bits per heavy atom. The average Bonchev–Trinajstić information content (AvgIpc) is 3.09. The molecule has 1 fully saturated rings. The summed E-state index contributed by atoms with van der Waals surface area (Å²) in [4.78, 5) is 18.5. The molecule has 5 nitrogen and oxygen atoms in total. The summed E-state index contributed by atoms with van der Waals surface area (Å²) in [5, 5.41) is 2.85. The minimum atomic E-state index is -0.123. The van der Waals surface area contributed by atoms with Crippen molar-refractivity contribution in [2.45, 2.75) is 25.8 Å². The molecule has 0 spiro atoms. The second kappa shape index (κ2) is 5.36. The zero-order chi connectivity index (χ0) is 13.9. The molecule has 0 unspecified atom stereocenters. The standard InChI is InChI=1S/C15H17N3O2/c1-11-5-2-8-14(16-11)17-15(19)18-9-3-6-12(18)13-7-4-10-20-13/h2,4-5,7-8,10,12H,3,6,9H2,1H3,(H,16,17,19)/t12-/m1/s1. The summed E-state index contributed by atoms with van der Waals surface area (Å²) >= 11 is 0. The van der Waals surface area contributed by atoms with E-state index in [1.54, 1.807) is 12.3 Å². The molecule has 0 aliphatic carbocycles. The molecule has 104 valence electrons. The van der Waals surface area contributed by atoms with Crippen LogP contribution in [0.2, 0.25) is 0 Å². The number of pyridine rings is 1. The first-order valence-electron chi connectivity index (χ1n) is 6.79. The normalized spacial score (nSPS) is 18.2. The summed E-state index contributed by atoms with van der Waals surface area (Å²) in [5.74, 6) is 1.43. The maximum absolute atomic E-state index is 12.4. The SMILES string of the molecule is Cc1cccc(NC(=O)N2CCC[C@@H]2c2ccco2)n1. The van der Waals surface area contributed by atoms with Gasteiger partial charge in [-0.2, -0.15) is 0 Å². The van der Waals surface area contributed by atoms with E-state index >= 15 is 0 Å². The predicted octanol–water partition coefficient (Wildman–Crippen LogP) is 3.35. The van der Waals surface area contributed by atoms with Crippen molar-refractivity contribution in [2.24, 2.45) is 0 Å². The fourth-order valence-corrected chi connectivity index (χ4v) is 2.58. The second-order valence-electron chi connectivity index (χ2n) is 4.96. The zero-order valence-corrected chi connectivity index (χ0v) is 11.4. The Morgan fingerprint density at radius 3 is 3.05 bits per heavy atom. The maximum atomic E-state index is 12.4. The molecule has 1 aliphatic heterocycles. The molecule has 1 saturated heterocycles. The van der Waals surface area contributed by atoms with Crippen LogP contribution in [0.3, 0.4) is 0 Å². The molecule has 0 bridgehead atoms. The molecule has 3 heterocycles. The highest BCUT2D eigenvalue weighted by molar-refractivity contribution is 5.88. The van der Waals surface area contributed by atoms with Crippen LogP contribution < -0.4 is 5.32 Å². The van der Waals surface area contributed by atoms with E-state index in [-0.39, 0.29) is 12.1 Å². The van der Waals surface area contributed by atoms with Gasteiger partial charge in [0.05, 0.1) is 12.3 Å². The van der Waals surface area contributed by atoms with Gasteiger partial charge in [0.2, 0.25) is 0 Å². The van der Waals surface area contributed by atoms with E-state index in [4.69, 9.17) is 4.42 Å². The van der Waals surface area contributed by atoms with Crippen LogP contribution in [-0.4, -0.2) is 22.5 Å². The molecule has 2 amide bonds. The van der Waals surface area contributed by atoms with E-state index < -0.39 is 0 Å². The highest BCUT2D eigenvalue weighted by Crippen LogP contribution is 2.32. The molecule has 1 N–H and O–H groups in total. The summed E-state index contributed by atoms with van der Waals surface area (Å²) in [7, 11) is 0. The fourth-order valence-electron chi connectivity index (χ4n) is 2.58. The molecule has 2 aromatic heterocycles. The molecular weight excluding hydrogens is 254 g/mol. The van der Waals surface area contributed by atoms with Crippen LogP contribution in [-0.2, 0) is 0 Å². The minimum Gasteiger partial charge on any atom is -0.467 e. The van der Waals surface area contributed by atoms with Gasteiger partial charge >= 0.3 is 6.03 Å². The summed E-state index contributed by atoms with van der Waals surface area (Å²) in [6.45, 7) is 2.64. The first kappa shape index (κ1) is 12.7. The number of nitrogens with one attached hydrogen (secondary N) is 1. The van der Waals surface area contributed by atoms with Crippen molar-refractivity contribution < 1.29 is 9.21 Å². The molecule has 1 atom stereocenters. The monoisotopic (exact) mass is 271 g/mol. The molecular formula is C15H17N3O2. The summed E-state index contributed by atoms with van der Waals surface area (Å²) in [6, 6.07) is 9.25. The molecule has 1 aliphatic rings. The highest BCUT2D eigenvalue weighted by atomic mass is 16.3. The van der Waals surface area contributed by atoms with Gasteiger partial charge in [0, 0.05) is 12.2 Å². The van der Waals surface area contributed by atoms with Gasteiger partial charge in [0.25, 0.3) is 0 Å². The Labute approximate surface area is 117 Å². The van der Waals surface area contributed by atoms with Gasteiger partial charge in [-0.3, -0.25) is 5.32 Å². The van der Waals surface area contributed by atoms with Crippen molar-refractivity contribution in [3.05, 3.63) is 48.0 Å².